The van der Waals surface area contributed by atoms with Crippen LogP contribution in [0.25, 0.3) is 0 Å². The second-order valence-electron chi connectivity index (χ2n) is 5.48. The van der Waals surface area contributed by atoms with Crippen LogP contribution in [-0.4, -0.2) is 37.4 Å². The third kappa shape index (κ3) is 4.35. The molecule has 0 saturated heterocycles. The van der Waals surface area contributed by atoms with Gasteiger partial charge in [-0.1, -0.05) is 6.92 Å². The van der Waals surface area contributed by atoms with Crippen LogP contribution < -0.4 is 10.1 Å². The number of carbonyl (C=O) groups is 2. The van der Waals surface area contributed by atoms with E-state index in [2.05, 4.69) is 12.2 Å². The van der Waals surface area contributed by atoms with Crippen LogP contribution in [0.3, 0.4) is 0 Å². The van der Waals surface area contributed by atoms with Crippen molar-refractivity contribution in [3.63, 3.8) is 0 Å². The number of likely N-dealkylation sites (N-methyl/N-ethyl adjacent to an activating group) is 1. The molecule has 0 bridgehead atoms. The second-order valence-corrected chi connectivity index (χ2v) is 6.74. The molecule has 1 N–H and O–H groups in total. The highest BCUT2D eigenvalue weighted by molar-refractivity contribution is 7.14. The minimum Gasteiger partial charge on any atom is -0.497 e. The first-order valence-corrected chi connectivity index (χ1v) is 8.55. The van der Waals surface area contributed by atoms with Gasteiger partial charge >= 0.3 is 0 Å². The average Bonchev–Trinajstić information content (AvgIpc) is 2.95. The Bertz CT molecular complexity index is 722. The number of nitrogens with one attached hydrogen (secondary N) is 1. The number of anilines is 1. The van der Waals surface area contributed by atoms with Crippen molar-refractivity contribution in [2.24, 2.45) is 0 Å². The molecular formula is C18H22N2O3S. The Balaban J connectivity index is 1.95. The van der Waals surface area contributed by atoms with Crippen LogP contribution in [0.4, 0.5) is 5.69 Å². The van der Waals surface area contributed by atoms with Crippen molar-refractivity contribution in [2.75, 3.05) is 26.0 Å². The normalized spacial score (nSPS) is 10.3. The number of nitrogens with zero attached hydrogens (tertiary/aromatic N) is 1. The molecule has 0 saturated carbocycles. The van der Waals surface area contributed by atoms with Gasteiger partial charge in [-0.25, -0.2) is 0 Å². The minimum absolute atomic E-state index is 0.00324. The van der Waals surface area contributed by atoms with Crippen LogP contribution in [0, 0.1) is 6.92 Å². The number of benzene rings is 1. The number of amides is 2. The van der Waals surface area contributed by atoms with E-state index >= 15 is 0 Å². The maximum Gasteiger partial charge on any atom is 0.264 e. The zero-order valence-electron chi connectivity index (χ0n) is 14.4. The number of hydrogen-bond acceptors (Lipinski definition) is 4. The van der Waals surface area contributed by atoms with Gasteiger partial charge < -0.3 is 15.0 Å². The van der Waals surface area contributed by atoms with E-state index in [0.717, 1.165) is 17.0 Å². The lowest BCUT2D eigenvalue weighted by molar-refractivity contribution is -0.116. The molecule has 0 radical (unpaired) electrons. The Morgan fingerprint density at radius 2 is 1.92 bits per heavy atom. The van der Waals surface area contributed by atoms with Crippen LogP contribution in [0.2, 0.25) is 0 Å². The predicted molar refractivity (Wildman–Crippen MR) is 97.0 cm³/mol. The summed E-state index contributed by atoms with van der Waals surface area (Å²) in [5.74, 6) is 0.354. The number of carbonyl (C=O) groups excluding carboxylic acids is 2. The molecule has 2 amide bonds. The lowest BCUT2D eigenvalue weighted by atomic mass is 10.2. The first kappa shape index (κ1) is 18.0. The molecule has 2 aromatic rings. The zero-order valence-corrected chi connectivity index (χ0v) is 15.2. The van der Waals surface area contributed by atoms with E-state index in [0.29, 0.717) is 10.6 Å². The van der Waals surface area contributed by atoms with Gasteiger partial charge in [0.05, 0.1) is 18.5 Å². The Hall–Kier alpha value is -2.34. The molecule has 0 aliphatic heterocycles. The van der Waals surface area contributed by atoms with Gasteiger partial charge in [0, 0.05) is 17.6 Å². The summed E-state index contributed by atoms with van der Waals surface area (Å²) in [7, 11) is 3.22. The van der Waals surface area contributed by atoms with Gasteiger partial charge in [0.2, 0.25) is 5.91 Å². The van der Waals surface area contributed by atoms with Gasteiger partial charge in [-0.05, 0) is 49.2 Å². The molecular weight excluding hydrogens is 324 g/mol. The summed E-state index contributed by atoms with van der Waals surface area (Å²) in [6.45, 7) is 4.08. The molecule has 1 aromatic carbocycles. The summed E-state index contributed by atoms with van der Waals surface area (Å²) in [5.41, 5.74) is 1.85. The quantitative estimate of drug-likeness (QED) is 0.873. The molecule has 2 rings (SSSR count). The van der Waals surface area contributed by atoms with Crippen LogP contribution >= 0.6 is 11.3 Å². The molecule has 128 valence electrons. The van der Waals surface area contributed by atoms with Gasteiger partial charge in [-0.3, -0.25) is 9.59 Å². The first-order chi connectivity index (χ1) is 11.4. The summed E-state index contributed by atoms with van der Waals surface area (Å²) in [6.07, 6.45) is 0.900. The molecule has 5 nitrogen and oxygen atoms in total. The predicted octanol–water partition coefficient (Wildman–Crippen LogP) is 3.34. The molecule has 24 heavy (non-hydrogen) atoms. The summed E-state index contributed by atoms with van der Waals surface area (Å²) < 4.78 is 5.08. The first-order valence-electron chi connectivity index (χ1n) is 7.73. The third-order valence-electron chi connectivity index (χ3n) is 3.71. The Kier molecular flexibility index (Phi) is 5.98. The summed E-state index contributed by atoms with van der Waals surface area (Å²) in [6, 6.07) is 8.97. The maximum atomic E-state index is 12.4. The highest BCUT2D eigenvalue weighted by Gasteiger charge is 2.18. The monoisotopic (exact) mass is 346 g/mol. The van der Waals surface area contributed by atoms with Crippen molar-refractivity contribution in [3.8, 4) is 5.75 Å². The van der Waals surface area contributed by atoms with Gasteiger partial charge in [-0.2, -0.15) is 0 Å². The van der Waals surface area contributed by atoms with Crippen molar-refractivity contribution >= 4 is 28.8 Å². The maximum absolute atomic E-state index is 12.4. The Morgan fingerprint density at radius 1 is 1.25 bits per heavy atom. The van der Waals surface area contributed by atoms with Gasteiger partial charge in [-0.15, -0.1) is 11.3 Å². The lowest BCUT2D eigenvalue weighted by Crippen LogP contribution is -2.34. The van der Waals surface area contributed by atoms with E-state index in [1.165, 1.54) is 21.8 Å². The van der Waals surface area contributed by atoms with Crippen LogP contribution in [0.15, 0.2) is 30.3 Å². The number of hydrogen-bond donors (Lipinski definition) is 1. The molecule has 6 heteroatoms. The van der Waals surface area contributed by atoms with Crippen LogP contribution in [0.1, 0.15) is 27.0 Å². The fourth-order valence-corrected chi connectivity index (χ4v) is 3.43. The molecule has 0 aliphatic rings. The van der Waals surface area contributed by atoms with Crippen molar-refractivity contribution < 1.29 is 14.3 Å². The van der Waals surface area contributed by atoms with Gasteiger partial charge in [0.1, 0.15) is 5.75 Å². The third-order valence-corrected chi connectivity index (χ3v) is 4.79. The van der Waals surface area contributed by atoms with Gasteiger partial charge in [0.15, 0.2) is 0 Å². The average molecular weight is 346 g/mol. The number of methoxy groups -OCH3 is 1. The van der Waals surface area contributed by atoms with Crippen molar-refractivity contribution in [1.29, 1.82) is 0 Å². The summed E-state index contributed by atoms with van der Waals surface area (Å²) in [5, 5.41) is 2.77. The molecule has 0 fully saturated rings. The summed E-state index contributed by atoms with van der Waals surface area (Å²) in [4.78, 5) is 27.8. The zero-order chi connectivity index (χ0) is 17.7. The molecule has 1 heterocycles. The van der Waals surface area contributed by atoms with Crippen molar-refractivity contribution in [2.45, 2.75) is 20.3 Å². The second kappa shape index (κ2) is 7.97. The van der Waals surface area contributed by atoms with Crippen LogP contribution in [0.5, 0.6) is 5.75 Å². The Morgan fingerprint density at radius 3 is 2.46 bits per heavy atom. The SMILES string of the molecule is CCc1cc(C(=O)N(C)CC(=O)Nc2ccc(OC)cc2)sc1C. The van der Waals surface area contributed by atoms with E-state index in [1.807, 2.05) is 13.0 Å². The van der Waals surface area contributed by atoms with E-state index < -0.39 is 0 Å². The van der Waals surface area contributed by atoms with Crippen LogP contribution in [-0.2, 0) is 11.2 Å². The summed E-state index contributed by atoms with van der Waals surface area (Å²) >= 11 is 1.47. The molecule has 0 spiro atoms. The Labute approximate surface area is 146 Å². The van der Waals surface area contributed by atoms with E-state index in [4.69, 9.17) is 4.74 Å². The fourth-order valence-electron chi connectivity index (χ4n) is 2.33. The number of thiophene rings is 1. The lowest BCUT2D eigenvalue weighted by Gasteiger charge is -2.16. The number of aryl methyl sites for hydroxylation is 2. The van der Waals surface area contributed by atoms with E-state index in [-0.39, 0.29) is 18.4 Å². The minimum atomic E-state index is -0.236. The molecule has 1 aromatic heterocycles. The van der Waals surface area contributed by atoms with Crippen molar-refractivity contribution in [1.82, 2.24) is 4.90 Å². The van der Waals surface area contributed by atoms with E-state index in [9.17, 15) is 9.59 Å². The smallest absolute Gasteiger partial charge is 0.264 e. The molecule has 0 atom stereocenters. The highest BCUT2D eigenvalue weighted by Crippen LogP contribution is 2.23. The number of rotatable bonds is 6. The van der Waals surface area contributed by atoms with Gasteiger partial charge in [0.25, 0.3) is 5.91 Å². The number of ether oxygens (including phenoxy) is 1. The molecule has 0 aliphatic carbocycles. The van der Waals surface area contributed by atoms with E-state index in [1.54, 1.807) is 38.4 Å². The molecule has 0 unspecified atom stereocenters. The van der Waals surface area contributed by atoms with Crippen molar-refractivity contribution in [3.05, 3.63) is 45.6 Å². The largest absolute Gasteiger partial charge is 0.497 e. The fraction of sp³-hybridized carbons (Fsp3) is 0.333. The highest BCUT2D eigenvalue weighted by atomic mass is 32.1. The topological polar surface area (TPSA) is 58.6 Å². The standard InChI is InChI=1S/C18H22N2O3S/c1-5-13-10-16(24-12(13)2)18(22)20(3)11-17(21)19-14-6-8-15(23-4)9-7-14/h6-10H,5,11H2,1-4H3,(H,19,21).